The molecule has 0 saturated heterocycles. The lowest BCUT2D eigenvalue weighted by molar-refractivity contribution is 0.102. The molecule has 1 amide bonds. The fourth-order valence-electron chi connectivity index (χ4n) is 1.84. The molecule has 1 aromatic carbocycles. The molecule has 3 rings (SSSR count). The molecule has 0 radical (unpaired) electrons. The quantitative estimate of drug-likeness (QED) is 0.776. The number of aromatic nitrogens is 3. The number of nitrogens with zero attached hydrogens (tertiary/aromatic N) is 2. The number of halogens is 2. The van der Waals surface area contributed by atoms with Crippen molar-refractivity contribution >= 4 is 22.4 Å². The van der Waals surface area contributed by atoms with Crippen molar-refractivity contribution in [2.45, 2.75) is 6.42 Å². The van der Waals surface area contributed by atoms with Crippen LogP contribution in [-0.4, -0.2) is 21.1 Å². The SMILES string of the molecule is O=C(Nc1ncc(Cc2ccc(F)c(F)c2)s1)c1ccn[nH]1. The second-order valence-electron chi connectivity index (χ2n) is 4.48. The predicted molar refractivity (Wildman–Crippen MR) is 77.8 cm³/mol. The van der Waals surface area contributed by atoms with Crippen molar-refractivity contribution in [2.24, 2.45) is 0 Å². The Labute approximate surface area is 128 Å². The molecule has 0 spiro atoms. The first-order chi connectivity index (χ1) is 10.6. The van der Waals surface area contributed by atoms with E-state index in [1.807, 2.05) is 0 Å². The van der Waals surface area contributed by atoms with Crippen molar-refractivity contribution in [3.8, 4) is 0 Å². The zero-order valence-corrected chi connectivity index (χ0v) is 12.0. The van der Waals surface area contributed by atoms with E-state index >= 15 is 0 Å². The van der Waals surface area contributed by atoms with Crippen LogP contribution in [0.15, 0.2) is 36.7 Å². The zero-order valence-electron chi connectivity index (χ0n) is 11.1. The standard InChI is InChI=1S/C14H10F2N4OS/c15-10-2-1-8(6-11(10)16)5-9-7-17-14(22-9)19-13(21)12-3-4-18-20-12/h1-4,6-7H,5H2,(H,18,20)(H,17,19,21). The Balaban J connectivity index is 1.68. The molecule has 0 aliphatic rings. The van der Waals surface area contributed by atoms with E-state index in [-0.39, 0.29) is 5.91 Å². The van der Waals surface area contributed by atoms with Crippen molar-refractivity contribution in [1.82, 2.24) is 15.2 Å². The lowest BCUT2D eigenvalue weighted by Gasteiger charge is -2.00. The maximum atomic E-state index is 13.2. The number of carbonyl (C=O) groups excluding carboxylic acids is 1. The molecule has 0 aliphatic heterocycles. The maximum absolute atomic E-state index is 13.2. The topological polar surface area (TPSA) is 70.7 Å². The maximum Gasteiger partial charge on any atom is 0.275 e. The summed E-state index contributed by atoms with van der Waals surface area (Å²) in [7, 11) is 0. The van der Waals surface area contributed by atoms with Crippen LogP contribution in [0.3, 0.4) is 0 Å². The molecule has 0 unspecified atom stereocenters. The van der Waals surface area contributed by atoms with E-state index in [4.69, 9.17) is 0 Å². The number of aromatic amines is 1. The van der Waals surface area contributed by atoms with E-state index in [0.29, 0.717) is 22.8 Å². The molecule has 0 aliphatic carbocycles. The van der Waals surface area contributed by atoms with Gasteiger partial charge in [-0.1, -0.05) is 6.07 Å². The number of rotatable bonds is 4. The Morgan fingerprint density at radius 2 is 2.14 bits per heavy atom. The van der Waals surface area contributed by atoms with Crippen molar-refractivity contribution < 1.29 is 13.6 Å². The summed E-state index contributed by atoms with van der Waals surface area (Å²) in [5.41, 5.74) is 0.964. The lowest BCUT2D eigenvalue weighted by Crippen LogP contribution is -2.11. The highest BCUT2D eigenvalue weighted by atomic mass is 32.1. The predicted octanol–water partition coefficient (Wildman–Crippen LogP) is 2.99. The average Bonchev–Trinajstić information content (AvgIpc) is 3.15. The van der Waals surface area contributed by atoms with Crippen LogP contribution in [0, 0.1) is 11.6 Å². The van der Waals surface area contributed by atoms with Gasteiger partial charge in [-0.15, -0.1) is 11.3 Å². The van der Waals surface area contributed by atoms with Gasteiger partial charge in [0.15, 0.2) is 16.8 Å². The second kappa shape index (κ2) is 6.02. The number of nitrogens with one attached hydrogen (secondary N) is 2. The first kappa shape index (κ1) is 14.3. The van der Waals surface area contributed by atoms with Crippen molar-refractivity contribution in [1.29, 1.82) is 0 Å². The smallest absolute Gasteiger partial charge is 0.275 e. The second-order valence-corrected chi connectivity index (χ2v) is 5.60. The van der Waals surface area contributed by atoms with Crippen molar-refractivity contribution in [3.05, 3.63) is 64.4 Å². The number of hydrogen-bond donors (Lipinski definition) is 2. The fraction of sp³-hybridized carbons (Fsp3) is 0.0714. The number of benzene rings is 1. The lowest BCUT2D eigenvalue weighted by atomic mass is 10.1. The van der Waals surface area contributed by atoms with Crippen LogP contribution in [0.4, 0.5) is 13.9 Å². The molecule has 0 saturated carbocycles. The minimum absolute atomic E-state index is 0.331. The van der Waals surface area contributed by atoms with Crippen LogP contribution in [0.2, 0.25) is 0 Å². The number of thiazole rings is 1. The van der Waals surface area contributed by atoms with Gasteiger partial charge >= 0.3 is 0 Å². The molecule has 112 valence electrons. The van der Waals surface area contributed by atoms with E-state index in [2.05, 4.69) is 20.5 Å². The van der Waals surface area contributed by atoms with Crippen LogP contribution >= 0.6 is 11.3 Å². The van der Waals surface area contributed by atoms with Crippen LogP contribution in [-0.2, 0) is 6.42 Å². The Morgan fingerprint density at radius 3 is 2.86 bits per heavy atom. The van der Waals surface area contributed by atoms with Gasteiger partial charge in [-0.2, -0.15) is 5.10 Å². The molecule has 2 N–H and O–H groups in total. The first-order valence-electron chi connectivity index (χ1n) is 6.31. The molecular formula is C14H10F2N4OS. The number of amides is 1. The van der Waals surface area contributed by atoms with E-state index in [0.717, 1.165) is 17.0 Å². The summed E-state index contributed by atoms with van der Waals surface area (Å²) in [5, 5.41) is 9.31. The monoisotopic (exact) mass is 320 g/mol. The molecule has 3 aromatic rings. The summed E-state index contributed by atoms with van der Waals surface area (Å²) in [6, 6.07) is 5.30. The third-order valence-electron chi connectivity index (χ3n) is 2.88. The zero-order chi connectivity index (χ0) is 15.5. The number of H-pyrrole nitrogens is 1. The van der Waals surface area contributed by atoms with Crippen molar-refractivity contribution in [3.63, 3.8) is 0 Å². The summed E-state index contributed by atoms with van der Waals surface area (Å²) in [5.74, 6) is -2.10. The van der Waals surface area contributed by atoms with E-state index in [9.17, 15) is 13.6 Å². The number of anilines is 1. The van der Waals surface area contributed by atoms with Gasteiger partial charge in [0.05, 0.1) is 0 Å². The normalized spacial score (nSPS) is 10.6. The van der Waals surface area contributed by atoms with Crippen LogP contribution < -0.4 is 5.32 Å². The Hall–Kier alpha value is -2.61. The molecule has 0 atom stereocenters. The summed E-state index contributed by atoms with van der Waals surface area (Å²) >= 11 is 1.27. The van der Waals surface area contributed by atoms with E-state index in [1.54, 1.807) is 12.3 Å². The fourth-order valence-corrected chi connectivity index (χ4v) is 2.69. The highest BCUT2D eigenvalue weighted by Gasteiger charge is 2.11. The van der Waals surface area contributed by atoms with Gasteiger partial charge in [0, 0.05) is 23.7 Å². The Bertz CT molecular complexity index is 801. The highest BCUT2D eigenvalue weighted by molar-refractivity contribution is 7.15. The van der Waals surface area contributed by atoms with Gasteiger partial charge in [0.1, 0.15) is 5.69 Å². The minimum Gasteiger partial charge on any atom is -0.297 e. The Kier molecular flexibility index (Phi) is 3.92. The Morgan fingerprint density at radius 1 is 1.27 bits per heavy atom. The highest BCUT2D eigenvalue weighted by Crippen LogP contribution is 2.22. The van der Waals surface area contributed by atoms with Gasteiger partial charge in [0.2, 0.25) is 0 Å². The summed E-state index contributed by atoms with van der Waals surface area (Å²) in [6.45, 7) is 0. The van der Waals surface area contributed by atoms with Gasteiger partial charge < -0.3 is 0 Å². The largest absolute Gasteiger partial charge is 0.297 e. The molecule has 0 fully saturated rings. The number of hydrogen-bond acceptors (Lipinski definition) is 4. The van der Waals surface area contributed by atoms with E-state index in [1.165, 1.54) is 23.6 Å². The molecule has 0 bridgehead atoms. The summed E-state index contributed by atoms with van der Waals surface area (Å²) < 4.78 is 26.0. The summed E-state index contributed by atoms with van der Waals surface area (Å²) in [4.78, 5) is 16.7. The molecule has 5 nitrogen and oxygen atoms in total. The van der Waals surface area contributed by atoms with Gasteiger partial charge in [-0.25, -0.2) is 13.8 Å². The molecule has 8 heteroatoms. The van der Waals surface area contributed by atoms with Gasteiger partial charge in [0.25, 0.3) is 5.91 Å². The summed E-state index contributed by atoms with van der Waals surface area (Å²) in [6.07, 6.45) is 3.48. The van der Waals surface area contributed by atoms with Crippen molar-refractivity contribution in [2.75, 3.05) is 5.32 Å². The van der Waals surface area contributed by atoms with E-state index < -0.39 is 11.6 Å². The molecule has 2 heterocycles. The third-order valence-corrected chi connectivity index (χ3v) is 3.79. The van der Waals surface area contributed by atoms with Gasteiger partial charge in [-0.3, -0.25) is 15.2 Å². The number of carbonyl (C=O) groups is 1. The third kappa shape index (κ3) is 3.17. The molecule has 22 heavy (non-hydrogen) atoms. The van der Waals surface area contributed by atoms with Gasteiger partial charge in [-0.05, 0) is 23.8 Å². The first-order valence-corrected chi connectivity index (χ1v) is 7.13. The molecular weight excluding hydrogens is 310 g/mol. The minimum atomic E-state index is -0.880. The molecule has 2 aromatic heterocycles. The average molecular weight is 320 g/mol. The van der Waals surface area contributed by atoms with Crippen LogP contribution in [0.5, 0.6) is 0 Å². The van der Waals surface area contributed by atoms with Crippen LogP contribution in [0.25, 0.3) is 0 Å². The van der Waals surface area contributed by atoms with Crippen LogP contribution in [0.1, 0.15) is 20.9 Å².